The van der Waals surface area contributed by atoms with Crippen LogP contribution in [0.15, 0.2) is 45.1 Å². The van der Waals surface area contributed by atoms with Gasteiger partial charge in [-0.25, -0.2) is 17.6 Å². The molecule has 0 fully saturated rings. The number of aryl methyl sites for hydroxylation is 1. The Morgan fingerprint density at radius 3 is 2.58 bits per heavy atom. The largest absolute Gasteiger partial charge is 0.343 e. The minimum Gasteiger partial charge on any atom is -0.298 e. The summed E-state index contributed by atoms with van der Waals surface area (Å²) in [4.78, 5) is 26.9. The molecule has 1 aromatic heterocycles. The monoisotopic (exact) mass is 353 g/mol. The Hall–Kier alpha value is -2.55. The van der Waals surface area contributed by atoms with E-state index in [0.29, 0.717) is 15.7 Å². The van der Waals surface area contributed by atoms with Gasteiger partial charge in [-0.2, -0.15) is 3.97 Å². The lowest BCUT2D eigenvalue weighted by Gasteiger charge is -2.10. The predicted octanol–water partition coefficient (Wildman–Crippen LogP) is 0.361. The molecule has 0 saturated heterocycles. The van der Waals surface area contributed by atoms with Crippen molar-refractivity contribution in [2.24, 2.45) is 12.0 Å². The lowest BCUT2D eigenvalue weighted by atomic mass is 10.2. The molecule has 0 saturated carbocycles. The lowest BCUT2D eigenvalue weighted by Crippen LogP contribution is -2.42. The minimum atomic E-state index is -4.25. The van der Waals surface area contributed by atoms with E-state index in [4.69, 9.17) is 0 Å². The first-order valence-corrected chi connectivity index (χ1v) is 8.39. The quantitative estimate of drug-likeness (QED) is 0.794. The first-order chi connectivity index (χ1) is 11.1. The molecule has 2 rings (SSSR count). The molecule has 0 spiro atoms. The first kappa shape index (κ1) is 17.8. The second-order valence-electron chi connectivity index (χ2n) is 5.28. The van der Waals surface area contributed by atoms with Crippen molar-refractivity contribution in [3.8, 4) is 0 Å². The van der Waals surface area contributed by atoms with E-state index >= 15 is 0 Å². The van der Waals surface area contributed by atoms with Crippen LogP contribution in [0.25, 0.3) is 0 Å². The summed E-state index contributed by atoms with van der Waals surface area (Å²) >= 11 is 0. The number of hydrogen-bond acceptors (Lipinski definition) is 5. The number of ketones is 1. The molecular weight excluding hydrogens is 337 g/mol. The molecule has 0 aliphatic heterocycles. The highest BCUT2D eigenvalue weighted by molar-refractivity contribution is 7.90. The van der Waals surface area contributed by atoms with Gasteiger partial charge in [0, 0.05) is 7.05 Å². The van der Waals surface area contributed by atoms with Gasteiger partial charge in [-0.3, -0.25) is 14.4 Å². The van der Waals surface area contributed by atoms with Crippen molar-refractivity contribution >= 4 is 15.8 Å². The third-order valence-electron chi connectivity index (χ3n) is 3.24. The van der Waals surface area contributed by atoms with Crippen molar-refractivity contribution in [3.63, 3.8) is 0 Å². The predicted molar refractivity (Wildman–Crippen MR) is 84.5 cm³/mol. The third-order valence-corrected chi connectivity index (χ3v) is 4.86. The summed E-state index contributed by atoms with van der Waals surface area (Å²) in [5.41, 5.74) is -0.687. The molecule has 0 bridgehead atoms. The minimum absolute atomic E-state index is 0.127. The van der Waals surface area contributed by atoms with Gasteiger partial charge in [0.15, 0.2) is 17.1 Å². The molecule has 0 aliphatic rings. The third kappa shape index (κ3) is 3.35. The van der Waals surface area contributed by atoms with Crippen LogP contribution in [0, 0.1) is 12.7 Å². The van der Waals surface area contributed by atoms with E-state index in [1.54, 1.807) is 13.0 Å². The smallest absolute Gasteiger partial charge is 0.298 e. The number of Topliss-reactive ketones (excluding diaryl/α,β-unsaturated/α-hetero) is 1. The van der Waals surface area contributed by atoms with Crippen LogP contribution in [0.1, 0.15) is 12.5 Å². The number of rotatable bonds is 4. The molecule has 0 unspecified atom stereocenters. The molecular formula is C15H16FN3O4S. The van der Waals surface area contributed by atoms with Crippen LogP contribution < -0.4 is 11.2 Å². The van der Waals surface area contributed by atoms with Gasteiger partial charge in [0.1, 0.15) is 0 Å². The van der Waals surface area contributed by atoms with Gasteiger partial charge in [-0.1, -0.05) is 12.1 Å². The van der Waals surface area contributed by atoms with E-state index in [-0.39, 0.29) is 22.7 Å². The van der Waals surface area contributed by atoms with Gasteiger partial charge in [-0.15, -0.1) is 0 Å². The van der Waals surface area contributed by atoms with Crippen LogP contribution in [0.2, 0.25) is 0 Å². The summed E-state index contributed by atoms with van der Waals surface area (Å²) in [6, 6.07) is 5.93. The maximum atomic E-state index is 14.2. The fourth-order valence-electron chi connectivity index (χ4n) is 2.04. The molecule has 1 aromatic carbocycles. The molecule has 9 heteroatoms. The summed E-state index contributed by atoms with van der Waals surface area (Å²) in [7, 11) is -3.06. The van der Waals surface area contributed by atoms with Crippen LogP contribution in [-0.2, 0) is 21.9 Å². The lowest BCUT2D eigenvalue weighted by molar-refractivity contribution is -0.115. The van der Waals surface area contributed by atoms with Crippen molar-refractivity contribution in [2.45, 2.75) is 18.7 Å². The van der Waals surface area contributed by atoms with Crippen LogP contribution in [0.4, 0.5) is 4.39 Å². The number of halogens is 1. The maximum Gasteiger partial charge on any atom is 0.343 e. The highest BCUT2D eigenvalue weighted by atomic mass is 32.2. The van der Waals surface area contributed by atoms with E-state index in [2.05, 4.69) is 4.99 Å². The number of carbonyl (C=O) groups excluding carboxylic acids is 1. The molecule has 0 aliphatic carbocycles. The fraction of sp³-hybridized carbons (Fsp3) is 0.267. The Labute approximate surface area is 137 Å². The van der Waals surface area contributed by atoms with Crippen LogP contribution in [0.3, 0.4) is 0 Å². The molecule has 128 valence electrons. The van der Waals surface area contributed by atoms with Crippen molar-refractivity contribution in [3.05, 3.63) is 57.8 Å². The second-order valence-corrected chi connectivity index (χ2v) is 7.09. The molecule has 0 radical (unpaired) electrons. The molecule has 0 amide bonds. The standard InChI is InChI=1S/C15H16FN3O4S/c1-10-5-4-6-12(7-10)24(22,23)19-9-13(16)14(17-8-11(2)20)18(3)15(19)21/h4-7,9H,8H2,1-3H3. The van der Waals surface area contributed by atoms with E-state index in [9.17, 15) is 22.4 Å². The number of benzene rings is 1. The number of hydrogen-bond donors (Lipinski definition) is 0. The summed E-state index contributed by atoms with van der Waals surface area (Å²) in [5, 5.41) is 0. The molecule has 2 aromatic rings. The average molecular weight is 353 g/mol. The molecule has 7 nitrogen and oxygen atoms in total. The van der Waals surface area contributed by atoms with Crippen LogP contribution in [-0.4, -0.2) is 29.3 Å². The summed E-state index contributed by atoms with van der Waals surface area (Å²) in [6.45, 7) is 2.66. The Morgan fingerprint density at radius 1 is 1.33 bits per heavy atom. The van der Waals surface area contributed by atoms with Crippen molar-refractivity contribution in [1.29, 1.82) is 0 Å². The van der Waals surface area contributed by atoms with Gasteiger partial charge in [0.05, 0.1) is 17.6 Å². The zero-order valence-electron chi connectivity index (χ0n) is 13.4. The average Bonchev–Trinajstić information content (AvgIpc) is 2.50. The zero-order chi connectivity index (χ0) is 18.1. The van der Waals surface area contributed by atoms with Gasteiger partial charge >= 0.3 is 5.69 Å². The second kappa shape index (κ2) is 6.52. The summed E-state index contributed by atoms with van der Waals surface area (Å²) in [6.07, 6.45) is 0.568. The Bertz CT molecular complexity index is 1040. The zero-order valence-corrected chi connectivity index (χ0v) is 14.2. The Kier molecular flexibility index (Phi) is 4.83. The Morgan fingerprint density at radius 2 is 2.00 bits per heavy atom. The van der Waals surface area contributed by atoms with Gasteiger partial charge in [0.2, 0.25) is 0 Å². The molecule has 0 atom stereocenters. The van der Waals surface area contributed by atoms with Gasteiger partial charge in [-0.05, 0) is 31.5 Å². The molecule has 1 heterocycles. The van der Waals surface area contributed by atoms with E-state index in [0.717, 1.165) is 4.57 Å². The van der Waals surface area contributed by atoms with Gasteiger partial charge < -0.3 is 0 Å². The van der Waals surface area contributed by atoms with E-state index in [1.807, 2.05) is 0 Å². The van der Waals surface area contributed by atoms with Gasteiger partial charge in [0.25, 0.3) is 10.0 Å². The maximum absolute atomic E-state index is 14.2. The van der Waals surface area contributed by atoms with Crippen LogP contribution in [0.5, 0.6) is 0 Å². The number of nitrogens with zero attached hydrogens (tertiary/aromatic N) is 3. The number of carbonyl (C=O) groups is 1. The highest BCUT2D eigenvalue weighted by Gasteiger charge is 2.21. The van der Waals surface area contributed by atoms with Crippen molar-refractivity contribution in [1.82, 2.24) is 8.54 Å². The van der Waals surface area contributed by atoms with Crippen molar-refractivity contribution in [2.75, 3.05) is 6.54 Å². The normalized spacial score (nSPS) is 12.4. The SMILES string of the molecule is CC(=O)CN=c1c(F)cn(S(=O)(=O)c2cccc(C)c2)c(=O)n1C. The van der Waals surface area contributed by atoms with Crippen molar-refractivity contribution < 1.29 is 17.6 Å². The fourth-order valence-corrected chi connectivity index (χ4v) is 3.42. The van der Waals surface area contributed by atoms with E-state index < -0.39 is 21.5 Å². The van der Waals surface area contributed by atoms with E-state index in [1.165, 1.54) is 32.2 Å². The highest BCUT2D eigenvalue weighted by Crippen LogP contribution is 2.13. The first-order valence-electron chi connectivity index (χ1n) is 6.95. The molecule has 24 heavy (non-hydrogen) atoms. The Balaban J connectivity index is 2.72. The summed E-state index contributed by atoms with van der Waals surface area (Å²) < 4.78 is 40.5. The summed E-state index contributed by atoms with van der Waals surface area (Å²) in [5.74, 6) is -1.33. The van der Waals surface area contributed by atoms with Crippen LogP contribution >= 0.6 is 0 Å². The molecule has 0 N–H and O–H groups in total. The number of aromatic nitrogens is 2. The topological polar surface area (TPSA) is 90.5 Å².